The SMILES string of the molecule is O=c1oc2cc([N+](=O)[O-])c(O)cc2s1. The largest absolute Gasteiger partial charge is 0.502 e. The summed E-state index contributed by atoms with van der Waals surface area (Å²) < 4.78 is 5.05. The molecule has 0 aliphatic heterocycles. The van der Waals surface area contributed by atoms with Crippen molar-refractivity contribution >= 4 is 27.3 Å². The molecule has 2 rings (SSSR count). The van der Waals surface area contributed by atoms with Gasteiger partial charge in [0.15, 0.2) is 11.3 Å². The average molecular weight is 213 g/mol. The summed E-state index contributed by atoms with van der Waals surface area (Å²) in [4.78, 5) is 19.9. The first-order chi connectivity index (χ1) is 6.58. The van der Waals surface area contributed by atoms with E-state index in [2.05, 4.69) is 4.42 Å². The summed E-state index contributed by atoms with van der Waals surface area (Å²) in [7, 11) is 0. The van der Waals surface area contributed by atoms with Crippen LogP contribution in [0.2, 0.25) is 0 Å². The molecule has 0 aliphatic rings. The smallest absolute Gasteiger partial charge is 0.396 e. The fourth-order valence-corrected chi connectivity index (χ4v) is 1.73. The van der Waals surface area contributed by atoms with Gasteiger partial charge in [0.2, 0.25) is 0 Å². The number of hydrogen-bond acceptors (Lipinski definition) is 6. The van der Waals surface area contributed by atoms with Crippen molar-refractivity contribution in [2.45, 2.75) is 0 Å². The Morgan fingerprint density at radius 1 is 1.50 bits per heavy atom. The number of nitrogens with zero attached hydrogens (tertiary/aromatic N) is 1. The van der Waals surface area contributed by atoms with E-state index in [9.17, 15) is 20.0 Å². The van der Waals surface area contributed by atoms with Crippen LogP contribution in [0.4, 0.5) is 5.69 Å². The lowest BCUT2D eigenvalue weighted by Gasteiger charge is -1.93. The number of phenolic OH excluding ortho intramolecular Hbond substituents is 1. The summed E-state index contributed by atoms with van der Waals surface area (Å²) in [6.07, 6.45) is 0. The molecule has 1 aromatic heterocycles. The third kappa shape index (κ3) is 1.23. The zero-order valence-electron chi connectivity index (χ0n) is 6.59. The van der Waals surface area contributed by atoms with E-state index in [0.717, 1.165) is 23.5 Å². The van der Waals surface area contributed by atoms with Crippen molar-refractivity contribution in [2.75, 3.05) is 0 Å². The van der Waals surface area contributed by atoms with Crippen LogP contribution in [-0.2, 0) is 0 Å². The van der Waals surface area contributed by atoms with E-state index in [0.29, 0.717) is 4.70 Å². The van der Waals surface area contributed by atoms with Gasteiger partial charge in [-0.2, -0.15) is 0 Å². The van der Waals surface area contributed by atoms with Crippen LogP contribution in [0.25, 0.3) is 10.3 Å². The highest BCUT2D eigenvalue weighted by molar-refractivity contribution is 7.16. The predicted octanol–water partition coefficient (Wildman–Crippen LogP) is 1.47. The zero-order valence-corrected chi connectivity index (χ0v) is 7.41. The Bertz CT molecular complexity index is 569. The van der Waals surface area contributed by atoms with Gasteiger partial charge in [0.05, 0.1) is 15.7 Å². The van der Waals surface area contributed by atoms with Crippen molar-refractivity contribution in [3.05, 3.63) is 32.0 Å². The number of benzene rings is 1. The second-order valence-electron chi connectivity index (χ2n) is 2.50. The molecule has 2 aromatic rings. The molecule has 0 aliphatic carbocycles. The summed E-state index contributed by atoms with van der Waals surface area (Å²) >= 11 is 0.782. The third-order valence-electron chi connectivity index (χ3n) is 1.62. The number of hydrogen-bond donors (Lipinski definition) is 1. The molecule has 0 unspecified atom stereocenters. The van der Waals surface area contributed by atoms with Crippen molar-refractivity contribution in [3.8, 4) is 5.75 Å². The minimum Gasteiger partial charge on any atom is -0.502 e. The Balaban J connectivity index is 2.82. The molecule has 0 spiro atoms. The monoisotopic (exact) mass is 213 g/mol. The summed E-state index contributed by atoms with van der Waals surface area (Å²) in [6.45, 7) is 0. The number of nitro benzene ring substituents is 1. The minimum absolute atomic E-state index is 0.115. The number of nitro groups is 1. The molecule has 0 saturated carbocycles. The first-order valence-corrected chi connectivity index (χ1v) is 4.30. The molecule has 0 radical (unpaired) electrons. The van der Waals surface area contributed by atoms with Crippen LogP contribution in [0.15, 0.2) is 21.3 Å². The Labute approximate surface area is 80.2 Å². The van der Waals surface area contributed by atoms with Gasteiger partial charge < -0.3 is 9.52 Å². The molecule has 0 saturated heterocycles. The van der Waals surface area contributed by atoms with Crippen LogP contribution >= 0.6 is 11.3 Å². The zero-order chi connectivity index (χ0) is 10.3. The molecule has 14 heavy (non-hydrogen) atoms. The van der Waals surface area contributed by atoms with E-state index in [1.165, 1.54) is 0 Å². The lowest BCUT2D eigenvalue weighted by atomic mass is 10.3. The van der Waals surface area contributed by atoms with E-state index in [4.69, 9.17) is 0 Å². The second-order valence-corrected chi connectivity index (χ2v) is 3.48. The van der Waals surface area contributed by atoms with E-state index in [1.807, 2.05) is 0 Å². The molecule has 0 amide bonds. The molecule has 1 heterocycles. The molecule has 0 fully saturated rings. The van der Waals surface area contributed by atoms with Gasteiger partial charge in [0, 0.05) is 6.07 Å². The summed E-state index contributed by atoms with van der Waals surface area (Å²) in [5, 5.41) is 19.6. The maximum atomic E-state index is 10.8. The highest BCUT2D eigenvalue weighted by Gasteiger charge is 2.16. The van der Waals surface area contributed by atoms with Crippen molar-refractivity contribution in [3.63, 3.8) is 0 Å². The molecular weight excluding hydrogens is 210 g/mol. The Morgan fingerprint density at radius 2 is 2.21 bits per heavy atom. The van der Waals surface area contributed by atoms with Gasteiger partial charge in [-0.15, -0.1) is 0 Å². The van der Waals surface area contributed by atoms with Gasteiger partial charge in [-0.3, -0.25) is 10.1 Å². The first-order valence-electron chi connectivity index (χ1n) is 3.49. The van der Waals surface area contributed by atoms with Gasteiger partial charge in [-0.1, -0.05) is 11.3 Å². The third-order valence-corrected chi connectivity index (χ3v) is 2.41. The molecular formula is C7H3NO5S. The quantitative estimate of drug-likeness (QED) is 0.571. The van der Waals surface area contributed by atoms with Crippen LogP contribution in [0.1, 0.15) is 0 Å². The highest BCUT2D eigenvalue weighted by Crippen LogP contribution is 2.31. The van der Waals surface area contributed by atoms with Crippen LogP contribution in [0.5, 0.6) is 5.75 Å². The Kier molecular flexibility index (Phi) is 1.74. The van der Waals surface area contributed by atoms with E-state index >= 15 is 0 Å². The first kappa shape index (κ1) is 8.70. The average Bonchev–Trinajstić information content (AvgIpc) is 2.42. The lowest BCUT2D eigenvalue weighted by molar-refractivity contribution is -0.385. The number of fused-ring (bicyclic) bond motifs is 1. The van der Waals surface area contributed by atoms with Crippen molar-refractivity contribution in [1.82, 2.24) is 0 Å². The molecule has 1 N–H and O–H groups in total. The van der Waals surface area contributed by atoms with Gasteiger partial charge in [0.25, 0.3) is 0 Å². The van der Waals surface area contributed by atoms with E-state index in [1.54, 1.807) is 0 Å². The maximum Gasteiger partial charge on any atom is 0.396 e. The van der Waals surface area contributed by atoms with Gasteiger partial charge in [-0.25, -0.2) is 4.79 Å². The van der Waals surface area contributed by atoms with Crippen molar-refractivity contribution in [1.29, 1.82) is 0 Å². The Hall–Kier alpha value is -1.89. The fraction of sp³-hybridized carbons (Fsp3) is 0. The summed E-state index contributed by atoms with van der Waals surface area (Å²) in [5.41, 5.74) is -0.358. The number of aromatic hydroxyl groups is 1. The fourth-order valence-electron chi connectivity index (χ4n) is 1.04. The second kappa shape index (κ2) is 2.81. The predicted molar refractivity (Wildman–Crippen MR) is 48.7 cm³/mol. The standard InChI is InChI=1S/C7H3NO5S/c9-4-2-6-5(13-7(10)14-6)1-3(4)8(11)12/h1-2,9H. The minimum atomic E-state index is -0.744. The Morgan fingerprint density at radius 3 is 2.86 bits per heavy atom. The van der Waals surface area contributed by atoms with E-state index in [-0.39, 0.29) is 5.58 Å². The molecule has 0 atom stereocenters. The summed E-state index contributed by atoms with van der Waals surface area (Å²) in [6, 6.07) is 2.17. The number of phenols is 1. The molecule has 6 nitrogen and oxygen atoms in total. The maximum absolute atomic E-state index is 10.8. The van der Waals surface area contributed by atoms with Crippen LogP contribution < -0.4 is 4.94 Å². The van der Waals surface area contributed by atoms with Gasteiger partial charge in [0.1, 0.15) is 0 Å². The molecule has 72 valence electrons. The van der Waals surface area contributed by atoms with Crippen molar-refractivity contribution in [2.24, 2.45) is 0 Å². The lowest BCUT2D eigenvalue weighted by Crippen LogP contribution is -1.87. The highest BCUT2D eigenvalue weighted by atomic mass is 32.1. The summed E-state index contributed by atoms with van der Waals surface area (Å²) in [5.74, 6) is -0.473. The van der Waals surface area contributed by atoms with Crippen LogP contribution in [0, 0.1) is 10.1 Å². The topological polar surface area (TPSA) is 93.6 Å². The number of rotatable bonds is 1. The van der Waals surface area contributed by atoms with Gasteiger partial charge >= 0.3 is 10.6 Å². The molecule has 1 aromatic carbocycles. The van der Waals surface area contributed by atoms with E-state index < -0.39 is 21.3 Å². The normalized spacial score (nSPS) is 10.6. The van der Waals surface area contributed by atoms with Crippen molar-refractivity contribution < 1.29 is 14.4 Å². The molecule has 7 heteroatoms. The van der Waals surface area contributed by atoms with Crippen LogP contribution in [-0.4, -0.2) is 10.0 Å². The molecule has 0 bridgehead atoms. The van der Waals surface area contributed by atoms with Gasteiger partial charge in [-0.05, 0) is 0 Å². The van der Waals surface area contributed by atoms with Crippen LogP contribution in [0.3, 0.4) is 0 Å².